The molecule has 3 aromatic rings. The van der Waals surface area contributed by atoms with Crippen LogP contribution in [0.4, 0.5) is 4.79 Å². The van der Waals surface area contributed by atoms with Crippen LogP contribution in [0.15, 0.2) is 16.1 Å². The maximum atomic E-state index is 12.3. The number of hydrogen-bond donors (Lipinski definition) is 3. The smallest absolute Gasteiger partial charge is 0.408 e. The van der Waals surface area contributed by atoms with Crippen LogP contribution in [0.2, 0.25) is 0 Å². The van der Waals surface area contributed by atoms with Gasteiger partial charge in [0.15, 0.2) is 11.4 Å². The molecule has 39 heavy (non-hydrogen) atoms. The first-order chi connectivity index (χ1) is 18.7. The molecule has 0 spiro atoms. The minimum absolute atomic E-state index is 0.206. The van der Waals surface area contributed by atoms with Crippen LogP contribution in [-0.2, 0) is 19.7 Å². The number of thiazole rings is 3. The number of carbonyl (C=O) groups excluding carboxylic acids is 3. The molecule has 5 atom stereocenters. The monoisotopic (exact) mass is 592 g/mol. The third-order valence-corrected chi connectivity index (χ3v) is 9.50. The van der Waals surface area contributed by atoms with Gasteiger partial charge in [0.25, 0.3) is 0 Å². The topological polar surface area (TPSA) is 168 Å². The van der Waals surface area contributed by atoms with Gasteiger partial charge in [0, 0.05) is 16.1 Å². The lowest BCUT2D eigenvalue weighted by Crippen LogP contribution is -2.53. The second kappa shape index (κ2) is 11.3. The van der Waals surface area contributed by atoms with E-state index in [1.807, 2.05) is 12.3 Å². The Bertz CT molecular complexity index is 1370. The number of amides is 1. The van der Waals surface area contributed by atoms with E-state index in [1.165, 1.54) is 34.0 Å². The fourth-order valence-electron chi connectivity index (χ4n) is 4.62. The molecule has 3 aromatic heterocycles. The molecule has 2 fully saturated rings. The van der Waals surface area contributed by atoms with Gasteiger partial charge in [0.05, 0.1) is 36.5 Å². The summed E-state index contributed by atoms with van der Waals surface area (Å²) in [6, 6.07) is -1.09. The van der Waals surface area contributed by atoms with E-state index in [0.717, 1.165) is 5.01 Å². The molecule has 208 valence electrons. The maximum Gasteiger partial charge on any atom is 0.408 e. The molecule has 0 unspecified atom stereocenters. The number of cyclic esters (lactones) is 1. The summed E-state index contributed by atoms with van der Waals surface area (Å²) in [7, 11) is 0. The molecular weight excluding hydrogens is 565 g/mol. The van der Waals surface area contributed by atoms with Gasteiger partial charge in [-0.05, 0) is 33.6 Å². The molecule has 0 saturated carbocycles. The SMILES string of the molecule is CCOC(=O)c1csc([C@H]2CC[C@](N)(c3nc(C(=O)OCC)cs3)[C@@H](c3csc([C@H]4NC(=O)O[C@@H]4C)n3)N2)n1. The molecule has 5 rings (SSSR count). The Morgan fingerprint density at radius 1 is 1.05 bits per heavy atom. The van der Waals surface area contributed by atoms with Crippen molar-refractivity contribution in [2.24, 2.45) is 5.73 Å². The van der Waals surface area contributed by atoms with Crippen LogP contribution >= 0.6 is 34.0 Å². The van der Waals surface area contributed by atoms with Crippen LogP contribution in [0.3, 0.4) is 0 Å². The van der Waals surface area contributed by atoms with Crippen LogP contribution in [0.1, 0.15) is 93.4 Å². The van der Waals surface area contributed by atoms with Crippen LogP contribution in [0.5, 0.6) is 0 Å². The number of piperidine rings is 1. The number of alkyl carbamates (subject to hydrolysis) is 1. The van der Waals surface area contributed by atoms with Crippen molar-refractivity contribution in [3.8, 4) is 0 Å². The van der Waals surface area contributed by atoms with E-state index in [-0.39, 0.29) is 42.8 Å². The molecule has 0 bridgehead atoms. The van der Waals surface area contributed by atoms with Gasteiger partial charge in [-0.25, -0.2) is 29.3 Å². The van der Waals surface area contributed by atoms with E-state index in [1.54, 1.807) is 24.6 Å². The van der Waals surface area contributed by atoms with Gasteiger partial charge in [0.2, 0.25) is 0 Å². The van der Waals surface area contributed by atoms with Crippen LogP contribution in [0.25, 0.3) is 0 Å². The lowest BCUT2D eigenvalue weighted by molar-refractivity contribution is 0.0510. The molecule has 12 nitrogen and oxygen atoms in total. The molecule has 0 aromatic carbocycles. The van der Waals surface area contributed by atoms with Gasteiger partial charge < -0.3 is 25.3 Å². The number of nitrogens with two attached hydrogens (primary N) is 1. The Labute approximate surface area is 236 Å². The molecule has 15 heteroatoms. The first-order valence-corrected chi connectivity index (χ1v) is 15.1. The van der Waals surface area contributed by atoms with Crippen LogP contribution in [0, 0.1) is 0 Å². The van der Waals surface area contributed by atoms with Gasteiger partial charge in [0.1, 0.15) is 27.2 Å². The molecule has 0 aliphatic carbocycles. The number of ether oxygens (including phenoxy) is 3. The molecule has 1 amide bonds. The number of esters is 2. The predicted octanol–water partition coefficient (Wildman–Crippen LogP) is 3.60. The summed E-state index contributed by atoms with van der Waals surface area (Å²) in [6.45, 7) is 5.80. The standard InChI is InChI=1S/C24H28N6O6S3/c1-4-34-20(31)14-9-37-18(28-14)12-6-7-24(25,22-29-15(10-39-22)21(32)35-5-2)17(26-12)13-8-38-19(27-13)16-11(3)36-23(33)30-16/h8-12,16-17,26H,4-7,25H2,1-3H3,(H,30,33)/t11-,12-,16+,17-,24-/m1/s1. The zero-order valence-electron chi connectivity index (χ0n) is 21.5. The summed E-state index contributed by atoms with van der Waals surface area (Å²) in [5.74, 6) is -0.966. The highest BCUT2D eigenvalue weighted by Gasteiger charge is 2.47. The van der Waals surface area contributed by atoms with Crippen molar-refractivity contribution in [3.63, 3.8) is 0 Å². The number of aromatic nitrogens is 3. The largest absolute Gasteiger partial charge is 0.461 e. The van der Waals surface area contributed by atoms with Gasteiger partial charge >= 0.3 is 18.0 Å². The maximum absolute atomic E-state index is 12.3. The van der Waals surface area contributed by atoms with Crippen molar-refractivity contribution in [2.75, 3.05) is 13.2 Å². The van der Waals surface area contributed by atoms with Gasteiger partial charge in [-0.2, -0.15) is 0 Å². The summed E-state index contributed by atoms with van der Waals surface area (Å²) in [5.41, 5.74) is 7.25. The summed E-state index contributed by atoms with van der Waals surface area (Å²) in [4.78, 5) is 50.2. The summed E-state index contributed by atoms with van der Waals surface area (Å²) < 4.78 is 15.4. The molecule has 0 radical (unpaired) electrons. The summed E-state index contributed by atoms with van der Waals surface area (Å²) in [5, 5.41) is 13.6. The van der Waals surface area contributed by atoms with Crippen LogP contribution in [-0.4, -0.2) is 52.3 Å². The van der Waals surface area contributed by atoms with E-state index in [2.05, 4.69) is 20.6 Å². The van der Waals surface area contributed by atoms with Crippen molar-refractivity contribution in [2.45, 2.75) is 63.4 Å². The highest BCUT2D eigenvalue weighted by atomic mass is 32.1. The number of nitrogens with zero attached hydrogens (tertiary/aromatic N) is 3. The molecular formula is C24H28N6O6S3. The lowest BCUT2D eigenvalue weighted by atomic mass is 9.79. The Hall–Kier alpha value is -2.98. The number of rotatable bonds is 8. The van der Waals surface area contributed by atoms with E-state index < -0.39 is 29.6 Å². The highest BCUT2D eigenvalue weighted by Crippen LogP contribution is 2.46. The second-order valence-electron chi connectivity index (χ2n) is 9.12. The molecule has 2 aliphatic heterocycles. The highest BCUT2D eigenvalue weighted by molar-refractivity contribution is 7.10. The molecule has 2 saturated heterocycles. The van der Waals surface area contributed by atoms with Gasteiger partial charge in [-0.15, -0.1) is 34.0 Å². The Balaban J connectivity index is 1.47. The van der Waals surface area contributed by atoms with Gasteiger partial charge in [-0.3, -0.25) is 5.32 Å². The summed E-state index contributed by atoms with van der Waals surface area (Å²) >= 11 is 4.07. The lowest BCUT2D eigenvalue weighted by Gasteiger charge is -2.42. The van der Waals surface area contributed by atoms with E-state index in [0.29, 0.717) is 28.6 Å². The first-order valence-electron chi connectivity index (χ1n) is 12.5. The van der Waals surface area contributed by atoms with Crippen LogP contribution < -0.4 is 16.4 Å². The number of hydrogen-bond acceptors (Lipinski definition) is 14. The van der Waals surface area contributed by atoms with Crippen molar-refractivity contribution >= 4 is 52.0 Å². The Kier molecular flexibility index (Phi) is 7.96. The predicted molar refractivity (Wildman–Crippen MR) is 144 cm³/mol. The minimum atomic E-state index is -1.00. The third-order valence-electron chi connectivity index (χ3n) is 6.56. The second-order valence-corrected chi connectivity index (χ2v) is 11.8. The number of carbonyl (C=O) groups is 3. The van der Waals surface area contributed by atoms with Crippen molar-refractivity contribution in [1.82, 2.24) is 25.6 Å². The average Bonchev–Trinajstić information content (AvgIpc) is 3.71. The van der Waals surface area contributed by atoms with E-state index in [4.69, 9.17) is 24.9 Å². The van der Waals surface area contributed by atoms with E-state index in [9.17, 15) is 14.4 Å². The Morgan fingerprint density at radius 2 is 1.72 bits per heavy atom. The molecule has 2 aliphatic rings. The summed E-state index contributed by atoms with van der Waals surface area (Å²) in [6.07, 6.45) is 0.265. The average molecular weight is 593 g/mol. The zero-order chi connectivity index (χ0) is 27.7. The normalized spacial score (nSPS) is 26.6. The quantitative estimate of drug-likeness (QED) is 0.258. The first kappa shape index (κ1) is 27.6. The van der Waals surface area contributed by atoms with E-state index >= 15 is 0 Å². The fraction of sp³-hybridized carbons (Fsp3) is 0.500. The zero-order valence-corrected chi connectivity index (χ0v) is 23.9. The number of nitrogens with one attached hydrogen (secondary N) is 2. The third kappa shape index (κ3) is 5.41. The molecule has 5 heterocycles. The molecule has 4 N–H and O–H groups in total. The minimum Gasteiger partial charge on any atom is -0.461 e. The van der Waals surface area contributed by atoms with Crippen molar-refractivity contribution in [1.29, 1.82) is 0 Å². The van der Waals surface area contributed by atoms with Gasteiger partial charge in [-0.1, -0.05) is 0 Å². The van der Waals surface area contributed by atoms with Crippen molar-refractivity contribution in [3.05, 3.63) is 48.2 Å². The Morgan fingerprint density at radius 3 is 2.38 bits per heavy atom. The van der Waals surface area contributed by atoms with Crippen molar-refractivity contribution < 1.29 is 28.6 Å². The fourth-order valence-corrected chi connectivity index (χ4v) is 7.45.